The monoisotopic (exact) mass is 340 g/mol. The van der Waals surface area contributed by atoms with Crippen LogP contribution in [0, 0.1) is 5.92 Å². The molecule has 0 aliphatic heterocycles. The van der Waals surface area contributed by atoms with Crippen molar-refractivity contribution >= 4 is 17.7 Å². The summed E-state index contributed by atoms with van der Waals surface area (Å²) in [6.45, 7) is 5.71. The van der Waals surface area contributed by atoms with Crippen molar-refractivity contribution in [2.75, 3.05) is 0 Å². The maximum absolute atomic E-state index is 12.0. The summed E-state index contributed by atoms with van der Waals surface area (Å²) in [6.07, 6.45) is 12.5. The second-order valence-corrected chi connectivity index (χ2v) is 6.68. The molecule has 4 heteroatoms. The Morgan fingerprint density at radius 1 is 0.750 bits per heavy atom. The largest absolute Gasteiger partial charge is 0.393 e. The summed E-state index contributed by atoms with van der Waals surface area (Å²) in [4.78, 5) is 35.4. The van der Waals surface area contributed by atoms with E-state index in [9.17, 15) is 14.4 Å². The standard InChI is InChI=1S/C20H36O4/c1-4-6-8-10-12-14-16-19(22)24-20(23)18(17(3)21)15-13-11-9-7-5-2/h18H,4-16H2,1-3H3. The van der Waals surface area contributed by atoms with Crippen LogP contribution in [0.3, 0.4) is 0 Å². The van der Waals surface area contributed by atoms with Crippen molar-refractivity contribution < 1.29 is 19.1 Å². The Morgan fingerprint density at radius 3 is 1.79 bits per heavy atom. The van der Waals surface area contributed by atoms with Crippen molar-refractivity contribution in [3.8, 4) is 0 Å². The van der Waals surface area contributed by atoms with Gasteiger partial charge in [-0.15, -0.1) is 0 Å². The number of carbonyl (C=O) groups is 3. The highest BCUT2D eigenvalue weighted by Crippen LogP contribution is 2.15. The number of Topliss-reactive ketones (excluding diaryl/α,β-unsaturated/α-hetero) is 1. The molecule has 0 aromatic heterocycles. The van der Waals surface area contributed by atoms with Gasteiger partial charge in [-0.2, -0.15) is 0 Å². The fourth-order valence-corrected chi connectivity index (χ4v) is 2.72. The number of ether oxygens (including phenoxy) is 1. The molecule has 0 aromatic rings. The van der Waals surface area contributed by atoms with E-state index in [1.165, 1.54) is 32.6 Å². The molecular weight excluding hydrogens is 304 g/mol. The molecule has 0 spiro atoms. The molecule has 0 N–H and O–H groups in total. The normalized spacial score (nSPS) is 12.0. The zero-order chi connectivity index (χ0) is 18.2. The molecule has 0 radical (unpaired) electrons. The lowest BCUT2D eigenvalue weighted by molar-refractivity contribution is -0.163. The molecule has 0 saturated carbocycles. The number of hydrogen-bond donors (Lipinski definition) is 0. The first kappa shape index (κ1) is 22.8. The molecule has 24 heavy (non-hydrogen) atoms. The van der Waals surface area contributed by atoms with Crippen LogP contribution in [0.15, 0.2) is 0 Å². The molecule has 0 fully saturated rings. The second-order valence-electron chi connectivity index (χ2n) is 6.68. The van der Waals surface area contributed by atoms with Crippen LogP contribution in [0.1, 0.15) is 104 Å². The Kier molecular flexibility index (Phi) is 14.6. The van der Waals surface area contributed by atoms with E-state index in [1.807, 2.05) is 0 Å². The Morgan fingerprint density at radius 2 is 1.25 bits per heavy atom. The van der Waals surface area contributed by atoms with E-state index >= 15 is 0 Å². The van der Waals surface area contributed by atoms with Crippen molar-refractivity contribution in [2.24, 2.45) is 5.92 Å². The van der Waals surface area contributed by atoms with Crippen molar-refractivity contribution in [3.63, 3.8) is 0 Å². The smallest absolute Gasteiger partial charge is 0.324 e. The number of carbonyl (C=O) groups excluding carboxylic acids is 3. The molecule has 0 aromatic carbocycles. The zero-order valence-electron chi connectivity index (χ0n) is 15.9. The number of hydrogen-bond acceptors (Lipinski definition) is 4. The summed E-state index contributed by atoms with van der Waals surface area (Å²) in [6, 6.07) is 0. The molecule has 0 rings (SSSR count). The zero-order valence-corrected chi connectivity index (χ0v) is 15.9. The fraction of sp³-hybridized carbons (Fsp3) is 0.850. The van der Waals surface area contributed by atoms with Crippen LogP contribution in [-0.2, 0) is 19.1 Å². The minimum atomic E-state index is -0.778. The summed E-state index contributed by atoms with van der Waals surface area (Å²) in [5.41, 5.74) is 0. The lowest BCUT2D eigenvalue weighted by Crippen LogP contribution is -2.26. The highest BCUT2D eigenvalue weighted by Gasteiger charge is 2.26. The van der Waals surface area contributed by atoms with Gasteiger partial charge in [0.25, 0.3) is 0 Å². The highest BCUT2D eigenvalue weighted by atomic mass is 16.6. The van der Waals surface area contributed by atoms with Crippen LogP contribution in [0.25, 0.3) is 0 Å². The average molecular weight is 341 g/mol. The van der Waals surface area contributed by atoms with E-state index in [0.29, 0.717) is 6.42 Å². The van der Waals surface area contributed by atoms with E-state index in [2.05, 4.69) is 13.8 Å². The van der Waals surface area contributed by atoms with Crippen LogP contribution in [0.5, 0.6) is 0 Å². The molecule has 0 saturated heterocycles. The summed E-state index contributed by atoms with van der Waals surface area (Å²) in [5.74, 6) is -2.13. The predicted molar refractivity (Wildman–Crippen MR) is 96.6 cm³/mol. The predicted octanol–water partition coefficient (Wildman–Crippen LogP) is 5.37. The van der Waals surface area contributed by atoms with Gasteiger partial charge in [-0.3, -0.25) is 14.4 Å². The SMILES string of the molecule is CCCCCCCCC(=O)OC(=O)C(CCCCCCC)C(C)=O. The topological polar surface area (TPSA) is 60.4 Å². The van der Waals surface area contributed by atoms with Gasteiger partial charge >= 0.3 is 11.9 Å². The summed E-state index contributed by atoms with van der Waals surface area (Å²) in [7, 11) is 0. The van der Waals surface area contributed by atoms with Crippen LogP contribution in [0.2, 0.25) is 0 Å². The van der Waals surface area contributed by atoms with Gasteiger partial charge in [0.05, 0.1) is 0 Å². The van der Waals surface area contributed by atoms with Gasteiger partial charge in [0, 0.05) is 6.42 Å². The molecule has 0 aliphatic carbocycles. The molecule has 0 aliphatic rings. The third-order valence-electron chi connectivity index (χ3n) is 4.32. The Balaban J connectivity index is 3.99. The maximum Gasteiger partial charge on any atom is 0.324 e. The first-order valence-electron chi connectivity index (χ1n) is 9.77. The van der Waals surface area contributed by atoms with Crippen LogP contribution < -0.4 is 0 Å². The fourth-order valence-electron chi connectivity index (χ4n) is 2.72. The molecule has 4 nitrogen and oxygen atoms in total. The van der Waals surface area contributed by atoms with E-state index in [-0.39, 0.29) is 12.2 Å². The van der Waals surface area contributed by atoms with Crippen molar-refractivity contribution in [2.45, 2.75) is 104 Å². The van der Waals surface area contributed by atoms with Gasteiger partial charge in [-0.25, -0.2) is 0 Å². The van der Waals surface area contributed by atoms with Crippen molar-refractivity contribution in [1.29, 1.82) is 0 Å². The van der Waals surface area contributed by atoms with Crippen LogP contribution >= 0.6 is 0 Å². The minimum Gasteiger partial charge on any atom is -0.393 e. The Hall–Kier alpha value is -1.19. The maximum atomic E-state index is 12.0. The molecule has 0 bridgehead atoms. The summed E-state index contributed by atoms with van der Waals surface area (Å²) in [5, 5.41) is 0. The number of unbranched alkanes of at least 4 members (excludes halogenated alkanes) is 9. The van der Waals surface area contributed by atoms with Gasteiger partial charge < -0.3 is 4.74 Å². The van der Waals surface area contributed by atoms with Gasteiger partial charge in [-0.05, 0) is 19.8 Å². The van der Waals surface area contributed by atoms with Crippen molar-refractivity contribution in [1.82, 2.24) is 0 Å². The summed E-state index contributed by atoms with van der Waals surface area (Å²) < 4.78 is 4.88. The minimum absolute atomic E-state index is 0.206. The van der Waals surface area contributed by atoms with Crippen LogP contribution in [-0.4, -0.2) is 17.7 Å². The molecular formula is C20H36O4. The van der Waals surface area contributed by atoms with Gasteiger partial charge in [0.2, 0.25) is 0 Å². The third-order valence-corrected chi connectivity index (χ3v) is 4.32. The quantitative estimate of drug-likeness (QED) is 0.228. The van der Waals surface area contributed by atoms with E-state index < -0.39 is 17.9 Å². The van der Waals surface area contributed by atoms with Gasteiger partial charge in [0.1, 0.15) is 11.7 Å². The molecule has 1 atom stereocenters. The lowest BCUT2D eigenvalue weighted by atomic mass is 9.97. The Labute approximate surface area is 147 Å². The van der Waals surface area contributed by atoms with Gasteiger partial charge in [0.15, 0.2) is 0 Å². The Bertz CT molecular complexity index is 363. The van der Waals surface area contributed by atoms with Crippen molar-refractivity contribution in [3.05, 3.63) is 0 Å². The number of esters is 2. The second kappa shape index (κ2) is 15.3. The molecule has 140 valence electrons. The third kappa shape index (κ3) is 12.3. The van der Waals surface area contributed by atoms with E-state index in [1.54, 1.807) is 0 Å². The van der Waals surface area contributed by atoms with E-state index in [4.69, 9.17) is 4.74 Å². The molecule has 1 unspecified atom stereocenters. The average Bonchev–Trinajstić information content (AvgIpc) is 2.53. The number of ketones is 1. The van der Waals surface area contributed by atoms with E-state index in [0.717, 1.165) is 44.9 Å². The lowest BCUT2D eigenvalue weighted by Gasteiger charge is -2.12. The number of rotatable bonds is 15. The summed E-state index contributed by atoms with van der Waals surface area (Å²) >= 11 is 0. The highest BCUT2D eigenvalue weighted by molar-refractivity contribution is 6.01. The molecule has 0 amide bonds. The van der Waals surface area contributed by atoms with Crippen LogP contribution in [0.4, 0.5) is 0 Å². The first-order chi connectivity index (χ1) is 11.5. The first-order valence-corrected chi connectivity index (χ1v) is 9.77. The van der Waals surface area contributed by atoms with Gasteiger partial charge in [-0.1, -0.05) is 78.1 Å². The molecule has 0 heterocycles.